The summed E-state index contributed by atoms with van der Waals surface area (Å²) in [5.41, 5.74) is -3.38. The molecule has 0 aliphatic heterocycles. The molecule has 0 heterocycles. The summed E-state index contributed by atoms with van der Waals surface area (Å²) in [5.74, 6) is -9.19. The Morgan fingerprint density at radius 2 is 1.42 bits per heavy atom. The summed E-state index contributed by atoms with van der Waals surface area (Å²) in [6.45, 7) is 0.608. The van der Waals surface area contributed by atoms with E-state index in [-0.39, 0.29) is 0 Å². The Morgan fingerprint density at radius 3 is 1.63 bits per heavy atom. The summed E-state index contributed by atoms with van der Waals surface area (Å²) in [5, 5.41) is 30.0. The van der Waals surface area contributed by atoms with Gasteiger partial charge in [0, 0.05) is 0 Å². The number of amides is 1. The molecule has 1 unspecified atom stereocenters. The van der Waals surface area contributed by atoms with E-state index in [0.29, 0.717) is 6.92 Å². The average molecular weight is 276 g/mol. The van der Waals surface area contributed by atoms with E-state index in [9.17, 15) is 24.0 Å². The van der Waals surface area contributed by atoms with Gasteiger partial charge in [-0.3, -0.25) is 14.9 Å². The van der Waals surface area contributed by atoms with Gasteiger partial charge in [0.15, 0.2) is 11.9 Å². The number of aliphatic carboxylic acids is 3. The maximum absolute atomic E-state index is 11.7. The Kier molecular flexibility index (Phi) is 5.13. The number of nitrogens with one attached hydrogen (secondary N) is 2. The number of likely N-dealkylation sites (N-methyl/N-ethyl adjacent to an activating group) is 1. The molecule has 0 aliphatic rings. The summed E-state index contributed by atoms with van der Waals surface area (Å²) < 4.78 is 0. The molecule has 0 saturated carbocycles. The Balaban J connectivity index is 5.60. The quantitative estimate of drug-likeness (QED) is 0.248. The van der Waals surface area contributed by atoms with Crippen LogP contribution in [0.15, 0.2) is 0 Å². The summed E-state index contributed by atoms with van der Waals surface area (Å²) in [6, 6.07) is 0. The van der Waals surface area contributed by atoms with E-state index < -0.39 is 41.2 Å². The highest BCUT2D eigenvalue weighted by Crippen LogP contribution is 2.20. The Labute approximate surface area is 106 Å². The number of carboxylic acid groups (broad SMARTS) is 3. The Hall–Kier alpha value is -2.49. The van der Waals surface area contributed by atoms with Crippen LogP contribution in [-0.2, 0) is 24.0 Å². The van der Waals surface area contributed by atoms with E-state index in [1.807, 2.05) is 0 Å². The molecule has 1 amide bonds. The molecule has 19 heavy (non-hydrogen) atoms. The number of rotatable bonds is 7. The number of hydrogen-bond acceptors (Lipinski definition) is 6. The van der Waals surface area contributed by atoms with Crippen LogP contribution in [0.4, 0.5) is 0 Å². The molecule has 0 saturated heterocycles. The molecule has 10 nitrogen and oxygen atoms in total. The van der Waals surface area contributed by atoms with Gasteiger partial charge in [-0.25, -0.2) is 14.4 Å². The molecular weight excluding hydrogens is 264 g/mol. The number of carboxylic acids is 3. The minimum absolute atomic E-state index is 0.608. The molecule has 0 aliphatic carbocycles. The largest absolute Gasteiger partial charge is 0.480 e. The van der Waals surface area contributed by atoms with Crippen LogP contribution in [-0.4, -0.2) is 58.1 Å². The van der Waals surface area contributed by atoms with Gasteiger partial charge in [0.05, 0.1) is 0 Å². The molecule has 0 fully saturated rings. The maximum atomic E-state index is 11.7. The van der Waals surface area contributed by atoms with Crippen molar-refractivity contribution in [3.63, 3.8) is 0 Å². The third-order valence-electron chi connectivity index (χ3n) is 2.32. The first-order valence-corrected chi connectivity index (χ1v) is 4.81. The molecule has 10 heteroatoms. The van der Waals surface area contributed by atoms with Crippen molar-refractivity contribution < 1.29 is 39.3 Å². The van der Waals surface area contributed by atoms with Crippen LogP contribution >= 0.6 is 0 Å². The number of carbonyl (C=O) groups excluding carboxylic acids is 2. The zero-order valence-corrected chi connectivity index (χ0v) is 9.96. The van der Waals surface area contributed by atoms with Crippen LogP contribution in [0.3, 0.4) is 0 Å². The fourth-order valence-corrected chi connectivity index (χ4v) is 1.24. The Morgan fingerprint density at radius 1 is 1.00 bits per heavy atom. The lowest BCUT2D eigenvalue weighted by molar-refractivity contribution is -0.172. The van der Waals surface area contributed by atoms with Crippen molar-refractivity contribution in [2.75, 3.05) is 7.05 Å². The van der Waals surface area contributed by atoms with Crippen molar-refractivity contribution in [3.05, 3.63) is 0 Å². The van der Waals surface area contributed by atoms with Crippen LogP contribution in [0.25, 0.3) is 0 Å². The van der Waals surface area contributed by atoms with E-state index in [2.05, 4.69) is 5.32 Å². The molecule has 0 aromatic rings. The second-order valence-corrected chi connectivity index (χ2v) is 3.45. The molecule has 0 radical (unpaired) electrons. The number of hydrogen-bond donors (Lipinski definition) is 5. The van der Waals surface area contributed by atoms with E-state index in [0.717, 1.165) is 7.05 Å². The van der Waals surface area contributed by atoms with Gasteiger partial charge in [0.2, 0.25) is 0 Å². The number of ketones is 1. The summed E-state index contributed by atoms with van der Waals surface area (Å²) in [4.78, 5) is 55.5. The standard InChI is InChI=1S/C9H12N2O8/c1-3(12)9(7(16)17,8(18)19)6(15)11-4(10-2)5(13)14/h4,10H,1-2H3,(H,11,15)(H,13,14)(H,16,17)(H,18,19). The highest BCUT2D eigenvalue weighted by molar-refractivity contribution is 6.34. The molecule has 0 bridgehead atoms. The first-order chi connectivity index (χ1) is 8.62. The van der Waals surface area contributed by atoms with Crippen molar-refractivity contribution in [2.45, 2.75) is 13.1 Å². The highest BCUT2D eigenvalue weighted by atomic mass is 16.4. The lowest BCUT2D eigenvalue weighted by atomic mass is 9.83. The molecule has 1 atom stereocenters. The first-order valence-electron chi connectivity index (χ1n) is 4.81. The molecular formula is C9H12N2O8. The summed E-state index contributed by atoms with van der Waals surface area (Å²) in [6.07, 6.45) is -1.73. The predicted molar refractivity (Wildman–Crippen MR) is 57.0 cm³/mol. The van der Waals surface area contributed by atoms with Gasteiger partial charge in [0.25, 0.3) is 11.3 Å². The monoisotopic (exact) mass is 276 g/mol. The summed E-state index contributed by atoms with van der Waals surface area (Å²) >= 11 is 0. The van der Waals surface area contributed by atoms with Gasteiger partial charge in [-0.2, -0.15) is 0 Å². The van der Waals surface area contributed by atoms with Crippen molar-refractivity contribution in [2.24, 2.45) is 5.41 Å². The normalized spacial score (nSPS) is 12.3. The molecule has 0 rings (SSSR count). The van der Waals surface area contributed by atoms with E-state index >= 15 is 0 Å². The van der Waals surface area contributed by atoms with Crippen LogP contribution < -0.4 is 10.6 Å². The van der Waals surface area contributed by atoms with Crippen molar-refractivity contribution in [1.82, 2.24) is 10.6 Å². The van der Waals surface area contributed by atoms with Crippen LogP contribution in [0.2, 0.25) is 0 Å². The van der Waals surface area contributed by atoms with Crippen LogP contribution in [0.5, 0.6) is 0 Å². The molecule has 5 N–H and O–H groups in total. The molecule has 0 aromatic heterocycles. The van der Waals surface area contributed by atoms with Gasteiger partial charge >= 0.3 is 17.9 Å². The maximum Gasteiger partial charge on any atom is 0.341 e. The zero-order valence-electron chi connectivity index (χ0n) is 9.96. The fraction of sp³-hybridized carbons (Fsp3) is 0.444. The summed E-state index contributed by atoms with van der Waals surface area (Å²) in [7, 11) is 1.13. The van der Waals surface area contributed by atoms with Crippen LogP contribution in [0.1, 0.15) is 6.92 Å². The zero-order chi connectivity index (χ0) is 15.4. The van der Waals surface area contributed by atoms with E-state index in [4.69, 9.17) is 15.3 Å². The lowest BCUT2D eigenvalue weighted by Gasteiger charge is -2.23. The Bertz CT molecular complexity index is 407. The van der Waals surface area contributed by atoms with Gasteiger partial charge < -0.3 is 20.6 Å². The highest BCUT2D eigenvalue weighted by Gasteiger charge is 2.59. The fourth-order valence-electron chi connectivity index (χ4n) is 1.24. The first kappa shape index (κ1) is 16.5. The molecule has 106 valence electrons. The lowest BCUT2D eigenvalue weighted by Crippen LogP contribution is -2.61. The topological polar surface area (TPSA) is 170 Å². The van der Waals surface area contributed by atoms with Crippen LogP contribution in [0, 0.1) is 5.41 Å². The number of carbonyl (C=O) groups is 5. The minimum atomic E-state index is -3.38. The van der Waals surface area contributed by atoms with Gasteiger partial charge in [-0.1, -0.05) is 0 Å². The SMILES string of the molecule is CNC(NC(=O)C(C(C)=O)(C(=O)O)C(=O)O)C(=O)O. The average Bonchev–Trinajstić information content (AvgIpc) is 2.24. The third-order valence-corrected chi connectivity index (χ3v) is 2.32. The second kappa shape index (κ2) is 5.91. The third kappa shape index (κ3) is 2.85. The predicted octanol–water partition coefficient (Wildman–Crippen LogP) is -2.52. The van der Waals surface area contributed by atoms with Gasteiger partial charge in [-0.05, 0) is 14.0 Å². The van der Waals surface area contributed by atoms with Gasteiger partial charge in [0.1, 0.15) is 0 Å². The van der Waals surface area contributed by atoms with Crippen molar-refractivity contribution >= 4 is 29.6 Å². The van der Waals surface area contributed by atoms with E-state index in [1.54, 1.807) is 5.32 Å². The second-order valence-electron chi connectivity index (χ2n) is 3.45. The smallest absolute Gasteiger partial charge is 0.341 e. The number of Topliss-reactive ketones (excluding diaryl/α,β-unsaturated/α-hetero) is 1. The molecule has 0 aromatic carbocycles. The van der Waals surface area contributed by atoms with Crippen molar-refractivity contribution in [1.29, 1.82) is 0 Å². The van der Waals surface area contributed by atoms with Crippen molar-refractivity contribution in [3.8, 4) is 0 Å². The van der Waals surface area contributed by atoms with Gasteiger partial charge in [-0.15, -0.1) is 0 Å². The molecule has 0 spiro atoms. The minimum Gasteiger partial charge on any atom is -0.480 e. The van der Waals surface area contributed by atoms with E-state index in [1.165, 1.54) is 0 Å².